The van der Waals surface area contributed by atoms with Crippen molar-refractivity contribution >= 4 is 5.78 Å². The number of Topliss-reactive ketones (excluding diaryl/α,β-unsaturated/α-hetero) is 1. The van der Waals surface area contributed by atoms with Gasteiger partial charge in [-0.1, -0.05) is 32.1 Å². The summed E-state index contributed by atoms with van der Waals surface area (Å²) in [7, 11) is 1.68. The summed E-state index contributed by atoms with van der Waals surface area (Å²) in [6.45, 7) is 4.02. The molecule has 1 fully saturated rings. The highest BCUT2D eigenvalue weighted by Crippen LogP contribution is 2.29. The highest BCUT2D eigenvalue weighted by atomic mass is 16.5. The molecule has 0 amide bonds. The summed E-state index contributed by atoms with van der Waals surface area (Å²) in [5, 5.41) is 0. The van der Waals surface area contributed by atoms with Crippen molar-refractivity contribution in [3.8, 4) is 5.75 Å². The van der Waals surface area contributed by atoms with E-state index in [0.717, 1.165) is 35.3 Å². The normalized spacial score (nSPS) is 17.4. The summed E-state index contributed by atoms with van der Waals surface area (Å²) in [6, 6.07) is 4.00. The monoisotopic (exact) mass is 274 g/mol. The molecule has 2 rings (SSSR count). The van der Waals surface area contributed by atoms with E-state index >= 15 is 0 Å². The Morgan fingerprint density at radius 2 is 1.60 bits per heavy atom. The number of ketones is 1. The average molecular weight is 274 g/mol. The van der Waals surface area contributed by atoms with E-state index in [1.807, 2.05) is 26.0 Å². The van der Waals surface area contributed by atoms with E-state index in [0.29, 0.717) is 5.78 Å². The number of hydrogen-bond acceptors (Lipinski definition) is 2. The van der Waals surface area contributed by atoms with Crippen molar-refractivity contribution in [2.24, 2.45) is 5.92 Å². The molecule has 1 aromatic rings. The van der Waals surface area contributed by atoms with E-state index in [2.05, 4.69) is 0 Å². The summed E-state index contributed by atoms with van der Waals surface area (Å²) in [6.07, 6.45) is 8.41. The van der Waals surface area contributed by atoms with Gasteiger partial charge in [-0.05, 0) is 49.9 Å². The van der Waals surface area contributed by atoms with Crippen LogP contribution < -0.4 is 4.74 Å². The number of rotatable bonds is 3. The number of hydrogen-bond donors (Lipinski definition) is 0. The zero-order chi connectivity index (χ0) is 14.5. The number of methoxy groups -OCH3 is 1. The molecule has 0 aliphatic heterocycles. The molecule has 1 aliphatic carbocycles. The van der Waals surface area contributed by atoms with Gasteiger partial charge in [-0.2, -0.15) is 0 Å². The van der Waals surface area contributed by atoms with Gasteiger partial charge in [-0.15, -0.1) is 0 Å². The zero-order valence-electron chi connectivity index (χ0n) is 13.0. The van der Waals surface area contributed by atoms with Crippen molar-refractivity contribution in [3.63, 3.8) is 0 Å². The molecule has 1 saturated carbocycles. The fourth-order valence-electron chi connectivity index (χ4n) is 3.21. The molecule has 0 atom stereocenters. The van der Waals surface area contributed by atoms with E-state index in [-0.39, 0.29) is 5.92 Å². The van der Waals surface area contributed by atoms with Crippen LogP contribution in [0.3, 0.4) is 0 Å². The lowest BCUT2D eigenvalue weighted by atomic mass is 9.84. The molecule has 0 saturated heterocycles. The van der Waals surface area contributed by atoms with E-state index in [4.69, 9.17) is 4.74 Å². The van der Waals surface area contributed by atoms with Crippen molar-refractivity contribution in [1.82, 2.24) is 0 Å². The fourth-order valence-corrected chi connectivity index (χ4v) is 3.21. The van der Waals surface area contributed by atoms with Crippen LogP contribution in [0.1, 0.15) is 66.4 Å². The molecule has 110 valence electrons. The molecular weight excluding hydrogens is 248 g/mol. The van der Waals surface area contributed by atoms with Gasteiger partial charge in [0.05, 0.1) is 7.11 Å². The van der Waals surface area contributed by atoms with Gasteiger partial charge in [-0.3, -0.25) is 4.79 Å². The van der Waals surface area contributed by atoms with Crippen LogP contribution in [0.4, 0.5) is 0 Å². The highest BCUT2D eigenvalue weighted by Gasteiger charge is 2.22. The molecule has 1 aromatic carbocycles. The maximum Gasteiger partial charge on any atom is 0.166 e. The van der Waals surface area contributed by atoms with E-state index < -0.39 is 0 Å². The van der Waals surface area contributed by atoms with Crippen molar-refractivity contribution in [2.75, 3.05) is 7.11 Å². The van der Waals surface area contributed by atoms with Crippen molar-refractivity contribution in [1.29, 1.82) is 0 Å². The largest absolute Gasteiger partial charge is 0.496 e. The lowest BCUT2D eigenvalue weighted by Crippen LogP contribution is -2.17. The maximum absolute atomic E-state index is 12.8. The van der Waals surface area contributed by atoms with E-state index in [1.54, 1.807) is 7.11 Å². The second kappa shape index (κ2) is 6.92. The molecule has 1 aliphatic rings. The van der Waals surface area contributed by atoms with Crippen LogP contribution >= 0.6 is 0 Å². The van der Waals surface area contributed by atoms with E-state index in [1.165, 1.54) is 32.1 Å². The third-order valence-electron chi connectivity index (χ3n) is 4.48. The minimum Gasteiger partial charge on any atom is -0.496 e. The molecule has 0 bridgehead atoms. The predicted octanol–water partition coefficient (Wildman–Crippen LogP) is 4.86. The smallest absolute Gasteiger partial charge is 0.166 e. The Balaban J connectivity index is 2.21. The van der Waals surface area contributed by atoms with Crippen LogP contribution in [-0.4, -0.2) is 12.9 Å². The first-order valence-corrected chi connectivity index (χ1v) is 7.83. The second-order valence-corrected chi connectivity index (χ2v) is 6.04. The van der Waals surface area contributed by atoms with Gasteiger partial charge in [0, 0.05) is 11.5 Å². The third kappa shape index (κ3) is 3.41. The van der Waals surface area contributed by atoms with Crippen LogP contribution in [0.25, 0.3) is 0 Å². The van der Waals surface area contributed by atoms with Crippen molar-refractivity contribution in [2.45, 2.75) is 58.8 Å². The van der Waals surface area contributed by atoms with Gasteiger partial charge in [0.1, 0.15) is 5.75 Å². The molecule has 2 heteroatoms. The first-order valence-electron chi connectivity index (χ1n) is 7.83. The summed E-state index contributed by atoms with van der Waals surface area (Å²) in [5.74, 6) is 1.44. The van der Waals surface area contributed by atoms with Crippen LogP contribution in [0.2, 0.25) is 0 Å². The molecule has 0 spiro atoms. The molecular formula is C18H26O2. The second-order valence-electron chi connectivity index (χ2n) is 6.04. The number of ether oxygens (including phenoxy) is 1. The third-order valence-corrected chi connectivity index (χ3v) is 4.48. The minimum atomic E-state index is 0.224. The quantitative estimate of drug-likeness (QED) is 0.736. The maximum atomic E-state index is 12.8. The lowest BCUT2D eigenvalue weighted by Gasteiger charge is -2.20. The molecule has 0 N–H and O–H groups in total. The van der Waals surface area contributed by atoms with E-state index in [9.17, 15) is 4.79 Å². The summed E-state index contributed by atoms with van der Waals surface area (Å²) in [5.41, 5.74) is 2.99. The Hall–Kier alpha value is -1.31. The Bertz CT molecular complexity index is 469. The SMILES string of the molecule is COc1cc(C)c(C(=O)C2CCCCCCC2)cc1C. The number of carbonyl (C=O) groups excluding carboxylic acids is 1. The standard InChI is InChI=1S/C18H26O2/c1-13-12-17(20-3)14(2)11-16(13)18(19)15-9-7-5-4-6-8-10-15/h11-12,15H,4-10H2,1-3H3. The molecule has 0 aromatic heterocycles. The zero-order valence-corrected chi connectivity index (χ0v) is 13.0. The lowest BCUT2D eigenvalue weighted by molar-refractivity contribution is 0.0897. The highest BCUT2D eigenvalue weighted by molar-refractivity contribution is 5.99. The van der Waals surface area contributed by atoms with Crippen molar-refractivity contribution in [3.05, 3.63) is 28.8 Å². The predicted molar refractivity (Wildman–Crippen MR) is 82.6 cm³/mol. The molecule has 2 nitrogen and oxygen atoms in total. The first kappa shape index (κ1) is 15.1. The Morgan fingerprint density at radius 1 is 1.00 bits per heavy atom. The molecule has 0 radical (unpaired) electrons. The Morgan fingerprint density at radius 3 is 2.20 bits per heavy atom. The first-order chi connectivity index (χ1) is 9.63. The van der Waals surface area contributed by atoms with Gasteiger partial charge in [0.2, 0.25) is 0 Å². The number of aryl methyl sites for hydroxylation is 2. The van der Waals surface area contributed by atoms with Gasteiger partial charge in [0.15, 0.2) is 5.78 Å². The van der Waals surface area contributed by atoms with Crippen LogP contribution in [0, 0.1) is 19.8 Å². The summed E-state index contributed by atoms with van der Waals surface area (Å²) < 4.78 is 5.33. The average Bonchev–Trinajstić information content (AvgIpc) is 2.40. The fraction of sp³-hybridized carbons (Fsp3) is 0.611. The topological polar surface area (TPSA) is 26.3 Å². The number of benzene rings is 1. The van der Waals surface area contributed by atoms with Gasteiger partial charge in [0.25, 0.3) is 0 Å². The van der Waals surface area contributed by atoms with Crippen LogP contribution in [0.15, 0.2) is 12.1 Å². The molecule has 0 heterocycles. The van der Waals surface area contributed by atoms with Gasteiger partial charge in [-0.25, -0.2) is 0 Å². The molecule has 0 unspecified atom stereocenters. The van der Waals surface area contributed by atoms with Crippen LogP contribution in [0.5, 0.6) is 5.75 Å². The summed E-state index contributed by atoms with van der Waals surface area (Å²) >= 11 is 0. The van der Waals surface area contributed by atoms with Gasteiger partial charge < -0.3 is 4.74 Å². The van der Waals surface area contributed by atoms with Gasteiger partial charge >= 0.3 is 0 Å². The Kier molecular flexibility index (Phi) is 5.22. The Labute approximate surface area is 122 Å². The van der Waals surface area contributed by atoms with Crippen molar-refractivity contribution < 1.29 is 9.53 Å². The minimum absolute atomic E-state index is 0.224. The molecule has 20 heavy (non-hydrogen) atoms. The number of carbonyl (C=O) groups is 1. The van der Waals surface area contributed by atoms with Crippen LogP contribution in [-0.2, 0) is 0 Å². The summed E-state index contributed by atoms with van der Waals surface area (Å²) in [4.78, 5) is 12.8.